The van der Waals surface area contributed by atoms with Gasteiger partial charge in [-0.2, -0.15) is 0 Å². The summed E-state index contributed by atoms with van der Waals surface area (Å²) in [5, 5.41) is 17.9. The molecule has 1 aromatic rings. The third-order valence-corrected chi connectivity index (χ3v) is 1.64. The van der Waals surface area contributed by atoms with Gasteiger partial charge in [-0.3, -0.25) is 0 Å². The average Bonchev–Trinajstić information content (AvgIpc) is 2.22. The van der Waals surface area contributed by atoms with Crippen LogP contribution < -0.4 is 4.74 Å². The molecular weight excluding hydrogens is 180 g/mol. The van der Waals surface area contributed by atoms with Crippen LogP contribution >= 0.6 is 0 Å². The second kappa shape index (κ2) is 7.21. The van der Waals surface area contributed by atoms with Gasteiger partial charge in [-0.05, 0) is 24.1 Å². The number of hydrogen-bond acceptors (Lipinski definition) is 3. The van der Waals surface area contributed by atoms with E-state index >= 15 is 0 Å². The molecule has 0 saturated carbocycles. The molecule has 0 unspecified atom stereocenters. The Bertz CT molecular complexity index is 259. The molecule has 0 aliphatic carbocycles. The second-order valence-electron chi connectivity index (χ2n) is 2.48. The van der Waals surface area contributed by atoms with Crippen LogP contribution in [0.15, 0.2) is 18.2 Å². The van der Waals surface area contributed by atoms with Gasteiger partial charge in [-0.25, -0.2) is 0 Å². The number of aliphatic hydroxyl groups excluding tert-OH is 1. The maximum Gasteiger partial charge on any atom is 0.160 e. The minimum absolute atomic E-state index is 0.0891. The lowest BCUT2D eigenvalue weighted by molar-refractivity contribution is 0.299. The van der Waals surface area contributed by atoms with Gasteiger partial charge in [0.2, 0.25) is 0 Å². The largest absolute Gasteiger partial charge is 0.504 e. The normalized spacial score (nSPS) is 8.86. The van der Waals surface area contributed by atoms with E-state index in [-0.39, 0.29) is 12.4 Å². The van der Waals surface area contributed by atoms with Crippen molar-refractivity contribution in [3.8, 4) is 11.5 Å². The van der Waals surface area contributed by atoms with E-state index in [0.717, 1.165) is 5.56 Å². The molecule has 0 amide bonds. The highest BCUT2D eigenvalue weighted by atomic mass is 16.5. The number of methoxy groups -OCH3 is 1. The standard InChI is InChI=1S/C9H12O3.C2H6/c1-12-9-3-2-7(4-5-10)6-8(9)11;1-2/h2-3,6,10-11H,4-5H2,1H3;1-2H3. The number of benzene rings is 1. The van der Waals surface area contributed by atoms with Crippen molar-refractivity contribution >= 4 is 0 Å². The molecule has 0 heterocycles. The first-order chi connectivity index (χ1) is 6.77. The van der Waals surface area contributed by atoms with Crippen LogP contribution in [-0.2, 0) is 6.42 Å². The van der Waals surface area contributed by atoms with Crippen molar-refractivity contribution in [3.63, 3.8) is 0 Å². The molecule has 0 fully saturated rings. The lowest BCUT2D eigenvalue weighted by Gasteiger charge is -2.04. The van der Waals surface area contributed by atoms with E-state index < -0.39 is 0 Å². The van der Waals surface area contributed by atoms with Gasteiger partial charge in [0.15, 0.2) is 11.5 Å². The molecule has 0 spiro atoms. The van der Waals surface area contributed by atoms with Crippen LogP contribution in [0, 0.1) is 0 Å². The minimum Gasteiger partial charge on any atom is -0.504 e. The molecule has 14 heavy (non-hydrogen) atoms. The van der Waals surface area contributed by atoms with Gasteiger partial charge in [0.1, 0.15) is 0 Å². The van der Waals surface area contributed by atoms with E-state index in [1.807, 2.05) is 19.9 Å². The van der Waals surface area contributed by atoms with Gasteiger partial charge < -0.3 is 14.9 Å². The number of ether oxygens (including phenoxy) is 1. The maximum absolute atomic E-state index is 9.31. The molecule has 0 bridgehead atoms. The Hall–Kier alpha value is -1.22. The van der Waals surface area contributed by atoms with Gasteiger partial charge >= 0.3 is 0 Å². The van der Waals surface area contributed by atoms with Gasteiger partial charge in [0.25, 0.3) is 0 Å². The zero-order valence-corrected chi connectivity index (χ0v) is 8.95. The summed E-state index contributed by atoms with van der Waals surface area (Å²) >= 11 is 0. The van der Waals surface area contributed by atoms with E-state index in [9.17, 15) is 5.11 Å². The third kappa shape index (κ3) is 3.66. The van der Waals surface area contributed by atoms with Gasteiger partial charge in [0.05, 0.1) is 7.11 Å². The fourth-order valence-corrected chi connectivity index (χ4v) is 1.02. The fourth-order valence-electron chi connectivity index (χ4n) is 1.02. The highest BCUT2D eigenvalue weighted by molar-refractivity contribution is 5.41. The molecule has 1 rings (SSSR count). The molecule has 3 nitrogen and oxygen atoms in total. The second-order valence-corrected chi connectivity index (χ2v) is 2.48. The monoisotopic (exact) mass is 198 g/mol. The fraction of sp³-hybridized carbons (Fsp3) is 0.455. The van der Waals surface area contributed by atoms with Crippen LogP contribution in [0.25, 0.3) is 0 Å². The molecule has 3 heteroatoms. The Morgan fingerprint density at radius 2 is 1.93 bits per heavy atom. The highest BCUT2D eigenvalue weighted by Gasteiger charge is 2.00. The van der Waals surface area contributed by atoms with Gasteiger partial charge in [-0.15, -0.1) is 0 Å². The van der Waals surface area contributed by atoms with Gasteiger partial charge in [-0.1, -0.05) is 19.9 Å². The molecule has 0 aromatic heterocycles. The van der Waals surface area contributed by atoms with Crippen molar-refractivity contribution in [2.75, 3.05) is 13.7 Å². The predicted molar refractivity (Wildman–Crippen MR) is 56.8 cm³/mol. The van der Waals surface area contributed by atoms with E-state index in [0.29, 0.717) is 12.2 Å². The third-order valence-electron chi connectivity index (χ3n) is 1.64. The van der Waals surface area contributed by atoms with Crippen LogP contribution in [0.1, 0.15) is 19.4 Å². The lowest BCUT2D eigenvalue weighted by atomic mass is 10.1. The van der Waals surface area contributed by atoms with E-state index in [1.165, 1.54) is 7.11 Å². The summed E-state index contributed by atoms with van der Waals surface area (Å²) in [6.45, 7) is 4.09. The van der Waals surface area contributed by atoms with E-state index in [1.54, 1.807) is 12.1 Å². The summed E-state index contributed by atoms with van der Waals surface area (Å²) in [6.07, 6.45) is 0.553. The zero-order chi connectivity index (χ0) is 11.0. The van der Waals surface area contributed by atoms with Crippen LogP contribution in [0.4, 0.5) is 0 Å². The average molecular weight is 198 g/mol. The number of rotatable bonds is 3. The number of hydrogen-bond donors (Lipinski definition) is 2. The van der Waals surface area contributed by atoms with Crippen molar-refractivity contribution in [1.29, 1.82) is 0 Å². The van der Waals surface area contributed by atoms with Crippen LogP contribution in [-0.4, -0.2) is 23.9 Å². The summed E-state index contributed by atoms with van der Waals surface area (Å²) < 4.78 is 4.87. The smallest absolute Gasteiger partial charge is 0.160 e. The summed E-state index contributed by atoms with van der Waals surface area (Å²) in [7, 11) is 1.50. The quantitative estimate of drug-likeness (QED) is 0.780. The first-order valence-corrected chi connectivity index (χ1v) is 4.74. The number of aromatic hydroxyl groups is 1. The predicted octanol–water partition coefficient (Wildman–Crippen LogP) is 1.96. The van der Waals surface area contributed by atoms with Crippen molar-refractivity contribution in [1.82, 2.24) is 0 Å². The molecule has 80 valence electrons. The molecule has 1 aromatic carbocycles. The molecule has 0 saturated heterocycles. The Morgan fingerprint density at radius 3 is 2.36 bits per heavy atom. The van der Waals surface area contributed by atoms with Crippen LogP contribution in [0.3, 0.4) is 0 Å². The first-order valence-electron chi connectivity index (χ1n) is 4.74. The van der Waals surface area contributed by atoms with Crippen LogP contribution in [0.2, 0.25) is 0 Å². The van der Waals surface area contributed by atoms with E-state index in [4.69, 9.17) is 9.84 Å². The molecular formula is C11H18O3. The Morgan fingerprint density at radius 1 is 1.29 bits per heavy atom. The highest BCUT2D eigenvalue weighted by Crippen LogP contribution is 2.26. The molecule has 0 aliphatic heterocycles. The molecule has 2 N–H and O–H groups in total. The van der Waals surface area contributed by atoms with Gasteiger partial charge in [0, 0.05) is 6.61 Å². The minimum atomic E-state index is 0.0891. The van der Waals surface area contributed by atoms with E-state index in [2.05, 4.69) is 0 Å². The number of phenols is 1. The summed E-state index contributed by atoms with van der Waals surface area (Å²) in [5.74, 6) is 0.570. The maximum atomic E-state index is 9.31. The molecule has 0 radical (unpaired) electrons. The summed E-state index contributed by atoms with van der Waals surface area (Å²) in [6, 6.07) is 5.09. The number of phenolic OH excluding ortho intramolecular Hbond substituents is 1. The van der Waals surface area contributed by atoms with Crippen LogP contribution in [0.5, 0.6) is 11.5 Å². The Labute approximate surface area is 85.0 Å². The topological polar surface area (TPSA) is 49.7 Å². The van der Waals surface area contributed by atoms with Crippen molar-refractivity contribution < 1.29 is 14.9 Å². The first kappa shape index (κ1) is 12.8. The van der Waals surface area contributed by atoms with Crippen molar-refractivity contribution in [2.24, 2.45) is 0 Å². The zero-order valence-electron chi connectivity index (χ0n) is 8.95. The SMILES string of the molecule is CC.COc1ccc(CCO)cc1O. The summed E-state index contributed by atoms with van der Waals surface area (Å²) in [4.78, 5) is 0. The molecule has 0 atom stereocenters. The lowest BCUT2D eigenvalue weighted by Crippen LogP contribution is -1.91. The molecule has 0 aliphatic rings. The Kier molecular flexibility index (Phi) is 6.58. The number of aliphatic hydroxyl groups is 1. The van der Waals surface area contributed by atoms with Crippen molar-refractivity contribution in [3.05, 3.63) is 23.8 Å². The Balaban J connectivity index is 0.000000791. The van der Waals surface area contributed by atoms with Crippen molar-refractivity contribution in [2.45, 2.75) is 20.3 Å². The summed E-state index contributed by atoms with van der Waals surface area (Å²) in [5.41, 5.74) is 0.899.